The molecular weight excluding hydrogens is 210 g/mol. The van der Waals surface area contributed by atoms with Gasteiger partial charge in [-0.1, -0.05) is 30.7 Å². The Bertz CT molecular complexity index is 351. The van der Waals surface area contributed by atoms with E-state index in [0.717, 1.165) is 19.8 Å². The summed E-state index contributed by atoms with van der Waals surface area (Å²) in [6, 6.07) is 8.42. The van der Waals surface area contributed by atoms with Gasteiger partial charge in [0.2, 0.25) is 0 Å². The van der Waals surface area contributed by atoms with Gasteiger partial charge in [0.05, 0.1) is 13.2 Å². The van der Waals surface area contributed by atoms with Crippen LogP contribution in [0.5, 0.6) is 0 Å². The molecule has 1 saturated carbocycles. The molecule has 1 aromatic rings. The summed E-state index contributed by atoms with van der Waals surface area (Å²) in [5, 5.41) is 0. The predicted octanol–water partition coefficient (Wildman–Crippen LogP) is 2.89. The minimum atomic E-state index is 0.684. The van der Waals surface area contributed by atoms with Gasteiger partial charge in [-0.3, -0.25) is 0 Å². The van der Waals surface area contributed by atoms with Crippen molar-refractivity contribution in [2.75, 3.05) is 13.2 Å². The van der Waals surface area contributed by atoms with Gasteiger partial charge in [-0.2, -0.15) is 0 Å². The number of rotatable bonds is 5. The summed E-state index contributed by atoms with van der Waals surface area (Å²) in [6.07, 6.45) is 3.89. The molecule has 2 rings (SSSR count). The number of benzene rings is 1. The standard InChI is InChI=1S/C15H23NO/c1-12-5-2-3-6-14(12)10-17-11-15-8-4-7-13(15)9-16/h2-3,5-6,13,15H,4,7-11,16H2,1H3. The first-order valence-corrected chi connectivity index (χ1v) is 6.63. The number of aryl methyl sites for hydroxylation is 1. The first kappa shape index (κ1) is 12.6. The smallest absolute Gasteiger partial charge is 0.0719 e. The van der Waals surface area contributed by atoms with Gasteiger partial charge in [0.25, 0.3) is 0 Å². The Hall–Kier alpha value is -0.860. The van der Waals surface area contributed by atoms with Gasteiger partial charge in [-0.05, 0) is 49.3 Å². The summed E-state index contributed by atoms with van der Waals surface area (Å²) in [7, 11) is 0. The van der Waals surface area contributed by atoms with E-state index in [1.165, 1.54) is 30.4 Å². The fourth-order valence-electron chi connectivity index (χ4n) is 2.74. The van der Waals surface area contributed by atoms with Gasteiger partial charge in [0, 0.05) is 0 Å². The normalized spacial score (nSPS) is 24.1. The van der Waals surface area contributed by atoms with Crippen LogP contribution in [0.3, 0.4) is 0 Å². The summed E-state index contributed by atoms with van der Waals surface area (Å²) in [5.41, 5.74) is 8.39. The van der Waals surface area contributed by atoms with Gasteiger partial charge >= 0.3 is 0 Å². The molecule has 1 aromatic carbocycles. The predicted molar refractivity (Wildman–Crippen MR) is 70.7 cm³/mol. The Morgan fingerprint density at radius 3 is 2.76 bits per heavy atom. The van der Waals surface area contributed by atoms with Crippen molar-refractivity contribution in [3.05, 3.63) is 35.4 Å². The van der Waals surface area contributed by atoms with Gasteiger partial charge in [-0.25, -0.2) is 0 Å². The van der Waals surface area contributed by atoms with Gasteiger partial charge in [0.1, 0.15) is 0 Å². The molecule has 0 amide bonds. The van der Waals surface area contributed by atoms with E-state index in [2.05, 4.69) is 31.2 Å². The minimum Gasteiger partial charge on any atom is -0.376 e. The van der Waals surface area contributed by atoms with Gasteiger partial charge in [-0.15, -0.1) is 0 Å². The van der Waals surface area contributed by atoms with Gasteiger partial charge in [0.15, 0.2) is 0 Å². The molecule has 0 aliphatic heterocycles. The SMILES string of the molecule is Cc1ccccc1COCC1CCCC1CN. The van der Waals surface area contributed by atoms with Crippen LogP contribution in [0.4, 0.5) is 0 Å². The third-order valence-electron chi connectivity index (χ3n) is 3.97. The Kier molecular flexibility index (Phi) is 4.57. The van der Waals surface area contributed by atoms with Crippen LogP contribution in [0.1, 0.15) is 30.4 Å². The number of nitrogens with two attached hydrogens (primary N) is 1. The maximum atomic E-state index is 5.86. The van der Waals surface area contributed by atoms with E-state index in [4.69, 9.17) is 10.5 Å². The van der Waals surface area contributed by atoms with Crippen LogP contribution in [-0.2, 0) is 11.3 Å². The molecule has 0 saturated heterocycles. The van der Waals surface area contributed by atoms with Crippen molar-refractivity contribution >= 4 is 0 Å². The van der Waals surface area contributed by atoms with E-state index in [-0.39, 0.29) is 0 Å². The highest BCUT2D eigenvalue weighted by Gasteiger charge is 2.25. The zero-order valence-corrected chi connectivity index (χ0v) is 10.7. The molecular formula is C15H23NO. The van der Waals surface area contributed by atoms with Crippen molar-refractivity contribution in [2.24, 2.45) is 17.6 Å². The number of ether oxygens (including phenoxy) is 1. The van der Waals surface area contributed by atoms with E-state index < -0.39 is 0 Å². The molecule has 2 unspecified atom stereocenters. The van der Waals surface area contributed by atoms with Crippen LogP contribution in [0.2, 0.25) is 0 Å². The topological polar surface area (TPSA) is 35.2 Å². The molecule has 1 fully saturated rings. The van der Waals surface area contributed by atoms with Crippen LogP contribution in [0.25, 0.3) is 0 Å². The van der Waals surface area contributed by atoms with E-state index in [1.54, 1.807) is 0 Å². The van der Waals surface area contributed by atoms with Crippen molar-refractivity contribution in [2.45, 2.75) is 32.8 Å². The highest BCUT2D eigenvalue weighted by atomic mass is 16.5. The summed E-state index contributed by atoms with van der Waals surface area (Å²) in [6.45, 7) is 4.56. The lowest BCUT2D eigenvalue weighted by Crippen LogP contribution is -2.22. The molecule has 2 nitrogen and oxygen atoms in total. The lowest BCUT2D eigenvalue weighted by atomic mass is 9.97. The fourth-order valence-corrected chi connectivity index (χ4v) is 2.74. The average Bonchev–Trinajstić information content (AvgIpc) is 2.79. The molecule has 94 valence electrons. The van der Waals surface area contributed by atoms with Crippen molar-refractivity contribution in [1.29, 1.82) is 0 Å². The molecule has 2 heteroatoms. The Morgan fingerprint density at radius 2 is 2.00 bits per heavy atom. The monoisotopic (exact) mass is 233 g/mol. The first-order valence-electron chi connectivity index (χ1n) is 6.63. The largest absolute Gasteiger partial charge is 0.376 e. The Balaban J connectivity index is 1.78. The second-order valence-electron chi connectivity index (χ2n) is 5.13. The fraction of sp³-hybridized carbons (Fsp3) is 0.600. The minimum absolute atomic E-state index is 0.684. The van der Waals surface area contributed by atoms with Gasteiger partial charge < -0.3 is 10.5 Å². The van der Waals surface area contributed by atoms with E-state index in [0.29, 0.717) is 11.8 Å². The average molecular weight is 233 g/mol. The van der Waals surface area contributed by atoms with Crippen LogP contribution in [0, 0.1) is 18.8 Å². The zero-order valence-electron chi connectivity index (χ0n) is 10.7. The van der Waals surface area contributed by atoms with Crippen molar-refractivity contribution < 1.29 is 4.74 Å². The molecule has 17 heavy (non-hydrogen) atoms. The lowest BCUT2D eigenvalue weighted by Gasteiger charge is -2.18. The Labute approximate surface area is 104 Å². The van der Waals surface area contributed by atoms with E-state index in [1.807, 2.05) is 0 Å². The maximum absolute atomic E-state index is 5.86. The summed E-state index contributed by atoms with van der Waals surface area (Å²) in [5.74, 6) is 1.37. The lowest BCUT2D eigenvalue weighted by molar-refractivity contribution is 0.0751. The molecule has 0 aromatic heterocycles. The summed E-state index contributed by atoms with van der Waals surface area (Å²) < 4.78 is 5.86. The second-order valence-corrected chi connectivity index (χ2v) is 5.13. The molecule has 1 aliphatic rings. The van der Waals surface area contributed by atoms with Crippen LogP contribution in [-0.4, -0.2) is 13.2 Å². The maximum Gasteiger partial charge on any atom is 0.0719 e. The highest BCUT2D eigenvalue weighted by Crippen LogP contribution is 2.31. The van der Waals surface area contributed by atoms with Crippen LogP contribution >= 0.6 is 0 Å². The summed E-state index contributed by atoms with van der Waals surface area (Å²) in [4.78, 5) is 0. The quantitative estimate of drug-likeness (QED) is 0.848. The molecule has 1 aliphatic carbocycles. The van der Waals surface area contributed by atoms with Crippen molar-refractivity contribution in [3.8, 4) is 0 Å². The third-order valence-corrected chi connectivity index (χ3v) is 3.97. The molecule has 0 bridgehead atoms. The number of hydrogen-bond donors (Lipinski definition) is 1. The second kappa shape index (κ2) is 6.18. The summed E-state index contributed by atoms with van der Waals surface area (Å²) >= 11 is 0. The Morgan fingerprint density at radius 1 is 1.24 bits per heavy atom. The first-order chi connectivity index (χ1) is 8.31. The third kappa shape index (κ3) is 3.30. The van der Waals surface area contributed by atoms with Crippen LogP contribution < -0.4 is 5.73 Å². The van der Waals surface area contributed by atoms with E-state index in [9.17, 15) is 0 Å². The van der Waals surface area contributed by atoms with Crippen molar-refractivity contribution in [1.82, 2.24) is 0 Å². The van der Waals surface area contributed by atoms with Crippen molar-refractivity contribution in [3.63, 3.8) is 0 Å². The van der Waals surface area contributed by atoms with Crippen LogP contribution in [0.15, 0.2) is 24.3 Å². The number of hydrogen-bond acceptors (Lipinski definition) is 2. The zero-order chi connectivity index (χ0) is 12.1. The molecule has 0 radical (unpaired) electrons. The molecule has 2 N–H and O–H groups in total. The molecule has 0 spiro atoms. The highest BCUT2D eigenvalue weighted by molar-refractivity contribution is 5.24. The van der Waals surface area contributed by atoms with E-state index >= 15 is 0 Å². The molecule has 2 atom stereocenters. The molecule has 0 heterocycles.